The largest absolute Gasteiger partial charge is 0.369 e. The molecule has 0 fully saturated rings. The van der Waals surface area contributed by atoms with Crippen molar-refractivity contribution in [3.05, 3.63) is 54.6 Å². The summed E-state index contributed by atoms with van der Waals surface area (Å²) in [6, 6.07) is 17.6. The van der Waals surface area contributed by atoms with Crippen molar-refractivity contribution in [1.82, 2.24) is 9.97 Å². The van der Waals surface area contributed by atoms with Gasteiger partial charge in [-0.25, -0.2) is 9.97 Å². The number of primary amides is 1. The van der Waals surface area contributed by atoms with Gasteiger partial charge >= 0.3 is 0 Å². The van der Waals surface area contributed by atoms with Crippen LogP contribution in [-0.4, -0.2) is 21.1 Å². The SMILES string of the molecule is C[C@@H](Sc1nc(Nc2ccccc2)c2ccccc2n1)C(N)=O. The van der Waals surface area contributed by atoms with Gasteiger partial charge in [0.05, 0.1) is 10.8 Å². The first-order chi connectivity index (χ1) is 11.1. The first-order valence-electron chi connectivity index (χ1n) is 7.18. The Labute approximate surface area is 138 Å². The standard InChI is InChI=1S/C17H16N4OS/c1-11(15(18)22)23-17-20-14-10-6-5-9-13(14)16(21-17)19-12-7-3-2-4-8-12/h2-11H,1H3,(H2,18,22)(H,19,20,21)/t11-/m1/s1. The van der Waals surface area contributed by atoms with E-state index in [2.05, 4.69) is 15.3 Å². The van der Waals surface area contributed by atoms with Crippen LogP contribution in [0.5, 0.6) is 0 Å². The number of amides is 1. The van der Waals surface area contributed by atoms with Crippen molar-refractivity contribution in [2.24, 2.45) is 5.73 Å². The van der Waals surface area contributed by atoms with Gasteiger partial charge in [-0.2, -0.15) is 0 Å². The van der Waals surface area contributed by atoms with E-state index in [-0.39, 0.29) is 11.2 Å². The first kappa shape index (κ1) is 15.3. The minimum atomic E-state index is -0.388. The molecule has 0 saturated carbocycles. The summed E-state index contributed by atoms with van der Waals surface area (Å²) < 4.78 is 0. The third-order valence-corrected chi connectivity index (χ3v) is 4.28. The summed E-state index contributed by atoms with van der Waals surface area (Å²) in [5, 5.41) is 4.37. The minimum Gasteiger partial charge on any atom is -0.369 e. The zero-order valence-electron chi connectivity index (χ0n) is 12.6. The summed E-state index contributed by atoms with van der Waals surface area (Å²) in [7, 11) is 0. The van der Waals surface area contributed by atoms with Gasteiger partial charge in [0, 0.05) is 11.1 Å². The summed E-state index contributed by atoms with van der Waals surface area (Å²) >= 11 is 1.25. The molecule has 0 unspecified atom stereocenters. The lowest BCUT2D eigenvalue weighted by Crippen LogP contribution is -2.22. The van der Waals surface area contributed by atoms with Crippen LogP contribution < -0.4 is 11.1 Å². The summed E-state index contributed by atoms with van der Waals surface area (Å²) in [4.78, 5) is 20.3. The van der Waals surface area contributed by atoms with E-state index in [4.69, 9.17) is 5.73 Å². The number of thioether (sulfide) groups is 1. The van der Waals surface area contributed by atoms with E-state index >= 15 is 0 Å². The highest BCUT2D eigenvalue weighted by Crippen LogP contribution is 2.28. The maximum Gasteiger partial charge on any atom is 0.230 e. The van der Waals surface area contributed by atoms with Crippen LogP contribution in [0.2, 0.25) is 0 Å². The van der Waals surface area contributed by atoms with E-state index in [1.54, 1.807) is 6.92 Å². The van der Waals surface area contributed by atoms with Crippen LogP contribution in [0.4, 0.5) is 11.5 Å². The van der Waals surface area contributed by atoms with Crippen LogP contribution >= 0.6 is 11.8 Å². The predicted octanol–water partition coefficient (Wildman–Crippen LogP) is 3.34. The van der Waals surface area contributed by atoms with Crippen molar-refractivity contribution in [1.29, 1.82) is 0 Å². The zero-order chi connectivity index (χ0) is 16.2. The Morgan fingerprint density at radius 2 is 1.78 bits per heavy atom. The number of carbonyl (C=O) groups is 1. The molecule has 116 valence electrons. The smallest absolute Gasteiger partial charge is 0.230 e. The molecule has 0 aliphatic rings. The average molecular weight is 324 g/mol. The van der Waals surface area contributed by atoms with Crippen LogP contribution in [0.15, 0.2) is 59.8 Å². The third kappa shape index (κ3) is 3.60. The number of nitrogens with two attached hydrogens (primary N) is 1. The van der Waals surface area contributed by atoms with E-state index in [0.29, 0.717) is 11.0 Å². The number of hydrogen-bond donors (Lipinski definition) is 2. The van der Waals surface area contributed by atoms with Crippen molar-refractivity contribution in [3.8, 4) is 0 Å². The Bertz CT molecular complexity index is 838. The summed E-state index contributed by atoms with van der Waals surface area (Å²) in [5.41, 5.74) is 7.09. The minimum absolute atomic E-state index is 0.385. The highest BCUT2D eigenvalue weighted by Gasteiger charge is 2.15. The number of carbonyl (C=O) groups excluding carboxylic acids is 1. The number of nitrogens with one attached hydrogen (secondary N) is 1. The van der Waals surface area contributed by atoms with Gasteiger partial charge in [-0.3, -0.25) is 4.79 Å². The van der Waals surface area contributed by atoms with Crippen LogP contribution in [-0.2, 0) is 4.79 Å². The molecule has 1 heterocycles. The molecule has 1 amide bonds. The van der Waals surface area contributed by atoms with E-state index in [0.717, 1.165) is 16.6 Å². The fourth-order valence-electron chi connectivity index (χ4n) is 2.08. The zero-order valence-corrected chi connectivity index (χ0v) is 13.4. The second-order valence-corrected chi connectivity index (χ2v) is 6.33. The monoisotopic (exact) mass is 324 g/mol. The topological polar surface area (TPSA) is 80.9 Å². The van der Waals surface area contributed by atoms with Gasteiger partial charge < -0.3 is 11.1 Å². The van der Waals surface area contributed by atoms with Crippen LogP contribution in [0.1, 0.15) is 6.92 Å². The van der Waals surface area contributed by atoms with Gasteiger partial charge in [0.25, 0.3) is 0 Å². The molecule has 0 aliphatic heterocycles. The number of benzene rings is 2. The van der Waals surface area contributed by atoms with Crippen LogP contribution in [0.25, 0.3) is 10.9 Å². The fraction of sp³-hybridized carbons (Fsp3) is 0.118. The molecule has 1 aromatic heterocycles. The maximum absolute atomic E-state index is 11.3. The van der Waals surface area contributed by atoms with Crippen molar-refractivity contribution in [2.45, 2.75) is 17.3 Å². The Morgan fingerprint density at radius 1 is 1.09 bits per heavy atom. The normalized spacial score (nSPS) is 12.0. The molecule has 0 aliphatic carbocycles. The van der Waals surface area contributed by atoms with E-state index in [9.17, 15) is 4.79 Å². The molecular formula is C17H16N4OS. The molecule has 3 N–H and O–H groups in total. The first-order valence-corrected chi connectivity index (χ1v) is 8.06. The van der Waals surface area contributed by atoms with Gasteiger partial charge in [-0.15, -0.1) is 0 Å². The lowest BCUT2D eigenvalue weighted by atomic mass is 10.2. The second-order valence-electron chi connectivity index (χ2n) is 5.03. The van der Waals surface area contributed by atoms with Crippen molar-refractivity contribution >= 4 is 40.1 Å². The average Bonchev–Trinajstić information content (AvgIpc) is 2.55. The summed E-state index contributed by atoms with van der Waals surface area (Å²) in [6.45, 7) is 1.75. The van der Waals surface area contributed by atoms with E-state index < -0.39 is 0 Å². The fourth-order valence-corrected chi connectivity index (χ4v) is 2.81. The van der Waals surface area contributed by atoms with Crippen LogP contribution in [0, 0.1) is 0 Å². The van der Waals surface area contributed by atoms with Crippen molar-refractivity contribution < 1.29 is 4.79 Å². The van der Waals surface area contributed by atoms with Gasteiger partial charge in [0.15, 0.2) is 5.16 Å². The number of nitrogens with zero attached hydrogens (tertiary/aromatic N) is 2. The number of hydrogen-bond acceptors (Lipinski definition) is 5. The maximum atomic E-state index is 11.3. The molecule has 23 heavy (non-hydrogen) atoms. The van der Waals surface area contributed by atoms with Crippen molar-refractivity contribution in [3.63, 3.8) is 0 Å². The van der Waals surface area contributed by atoms with E-state index in [1.165, 1.54) is 11.8 Å². The molecule has 5 nitrogen and oxygen atoms in total. The predicted molar refractivity (Wildman–Crippen MR) is 93.8 cm³/mol. The van der Waals surface area contributed by atoms with E-state index in [1.807, 2.05) is 54.6 Å². The Morgan fingerprint density at radius 3 is 2.52 bits per heavy atom. The molecule has 1 atom stereocenters. The van der Waals surface area contributed by atoms with Gasteiger partial charge in [0.2, 0.25) is 5.91 Å². The number of aromatic nitrogens is 2. The molecule has 0 radical (unpaired) electrons. The lowest BCUT2D eigenvalue weighted by Gasteiger charge is -2.12. The quantitative estimate of drug-likeness (QED) is 0.556. The lowest BCUT2D eigenvalue weighted by molar-refractivity contribution is -0.117. The van der Waals surface area contributed by atoms with Gasteiger partial charge in [-0.05, 0) is 31.2 Å². The van der Waals surface area contributed by atoms with Gasteiger partial charge in [0.1, 0.15) is 5.82 Å². The molecule has 0 saturated heterocycles. The molecule has 3 aromatic rings. The third-order valence-electron chi connectivity index (χ3n) is 3.30. The van der Waals surface area contributed by atoms with Gasteiger partial charge in [-0.1, -0.05) is 42.1 Å². The second kappa shape index (κ2) is 6.66. The Kier molecular flexibility index (Phi) is 4.43. The molecule has 0 spiro atoms. The molecular weight excluding hydrogens is 308 g/mol. The summed E-state index contributed by atoms with van der Waals surface area (Å²) in [6.07, 6.45) is 0. The Balaban J connectivity index is 2.02. The molecule has 2 aromatic carbocycles. The molecule has 6 heteroatoms. The number of anilines is 2. The number of fused-ring (bicyclic) bond motifs is 1. The Hall–Kier alpha value is -2.60. The van der Waals surface area contributed by atoms with Crippen LogP contribution in [0.3, 0.4) is 0 Å². The molecule has 3 rings (SSSR count). The molecule has 0 bridgehead atoms. The highest BCUT2D eigenvalue weighted by molar-refractivity contribution is 8.00. The number of rotatable bonds is 5. The summed E-state index contributed by atoms with van der Waals surface area (Å²) in [5.74, 6) is 0.324. The highest BCUT2D eigenvalue weighted by atomic mass is 32.2. The van der Waals surface area contributed by atoms with Crippen molar-refractivity contribution in [2.75, 3.05) is 5.32 Å². The number of para-hydroxylation sites is 2.